The first kappa shape index (κ1) is 17.0. The van der Waals surface area contributed by atoms with Crippen LogP contribution in [0.15, 0.2) is 64.5 Å². The van der Waals surface area contributed by atoms with Gasteiger partial charge in [0.2, 0.25) is 0 Å². The van der Waals surface area contributed by atoms with Gasteiger partial charge in [0, 0.05) is 22.6 Å². The molecule has 0 saturated carbocycles. The van der Waals surface area contributed by atoms with Gasteiger partial charge in [0.05, 0.1) is 5.69 Å². The molecule has 27 heavy (non-hydrogen) atoms. The van der Waals surface area contributed by atoms with E-state index in [2.05, 4.69) is 15.5 Å². The van der Waals surface area contributed by atoms with E-state index in [-0.39, 0.29) is 5.69 Å². The number of hydrogen-bond donors (Lipinski definition) is 1. The standard InChI is InChI=1S/C19H11F2N3O2S/c20-13-7-6-12(8-14(13)21)16-10-27-19(22-16)23-18(25)15-9-17(26-24-15)11-4-2-1-3-5-11/h1-10H,(H,22,23,25). The number of nitrogens with zero attached hydrogens (tertiary/aromatic N) is 2. The lowest BCUT2D eigenvalue weighted by Crippen LogP contribution is -2.11. The molecule has 0 fully saturated rings. The first-order valence-corrected chi connectivity index (χ1v) is 8.72. The molecule has 1 N–H and O–H groups in total. The monoisotopic (exact) mass is 383 g/mol. The lowest BCUT2D eigenvalue weighted by Gasteiger charge is -1.99. The molecule has 2 aromatic heterocycles. The van der Waals surface area contributed by atoms with Gasteiger partial charge in [-0.3, -0.25) is 10.1 Å². The molecule has 4 rings (SSSR count). The van der Waals surface area contributed by atoms with Gasteiger partial charge in [-0.2, -0.15) is 0 Å². The fourth-order valence-electron chi connectivity index (χ4n) is 2.40. The zero-order valence-corrected chi connectivity index (χ0v) is 14.5. The molecular weight excluding hydrogens is 372 g/mol. The summed E-state index contributed by atoms with van der Waals surface area (Å²) in [5, 5.41) is 8.34. The molecule has 2 aromatic carbocycles. The number of anilines is 1. The van der Waals surface area contributed by atoms with E-state index >= 15 is 0 Å². The van der Waals surface area contributed by atoms with Crippen LogP contribution in [0.2, 0.25) is 0 Å². The summed E-state index contributed by atoms with van der Waals surface area (Å²) in [4.78, 5) is 16.5. The molecule has 8 heteroatoms. The van der Waals surface area contributed by atoms with E-state index in [1.54, 1.807) is 5.38 Å². The second-order valence-electron chi connectivity index (χ2n) is 5.56. The van der Waals surface area contributed by atoms with Crippen molar-refractivity contribution in [3.8, 4) is 22.6 Å². The average molecular weight is 383 g/mol. The molecule has 0 saturated heterocycles. The average Bonchev–Trinajstić information content (AvgIpc) is 3.34. The molecule has 0 aliphatic heterocycles. The summed E-state index contributed by atoms with van der Waals surface area (Å²) in [6, 6.07) is 14.3. The summed E-state index contributed by atoms with van der Waals surface area (Å²) in [6.07, 6.45) is 0. The van der Waals surface area contributed by atoms with Crippen LogP contribution in [0.5, 0.6) is 0 Å². The minimum Gasteiger partial charge on any atom is -0.355 e. The number of aromatic nitrogens is 2. The largest absolute Gasteiger partial charge is 0.355 e. The van der Waals surface area contributed by atoms with Crippen molar-refractivity contribution < 1.29 is 18.1 Å². The van der Waals surface area contributed by atoms with Crippen LogP contribution < -0.4 is 5.32 Å². The van der Waals surface area contributed by atoms with Gasteiger partial charge in [0.25, 0.3) is 5.91 Å². The Morgan fingerprint density at radius 2 is 1.81 bits per heavy atom. The Balaban J connectivity index is 1.50. The van der Waals surface area contributed by atoms with Crippen molar-refractivity contribution >= 4 is 22.4 Å². The lowest BCUT2D eigenvalue weighted by atomic mass is 10.1. The molecule has 5 nitrogen and oxygen atoms in total. The van der Waals surface area contributed by atoms with Crippen LogP contribution in [-0.2, 0) is 0 Å². The molecule has 0 radical (unpaired) electrons. The van der Waals surface area contributed by atoms with Crippen molar-refractivity contribution in [2.24, 2.45) is 0 Å². The SMILES string of the molecule is O=C(Nc1nc(-c2ccc(F)c(F)c2)cs1)c1cc(-c2ccccc2)on1. The van der Waals surface area contributed by atoms with Crippen molar-refractivity contribution in [2.45, 2.75) is 0 Å². The Hall–Kier alpha value is -3.39. The van der Waals surface area contributed by atoms with Gasteiger partial charge in [0.15, 0.2) is 28.2 Å². The summed E-state index contributed by atoms with van der Waals surface area (Å²) in [5.74, 6) is -1.89. The number of halogens is 2. The molecule has 0 aliphatic rings. The highest BCUT2D eigenvalue weighted by Crippen LogP contribution is 2.27. The maximum Gasteiger partial charge on any atom is 0.279 e. The van der Waals surface area contributed by atoms with Gasteiger partial charge in [-0.25, -0.2) is 13.8 Å². The minimum absolute atomic E-state index is 0.110. The predicted octanol–water partition coefficient (Wildman–Crippen LogP) is 5.00. The van der Waals surface area contributed by atoms with Gasteiger partial charge >= 0.3 is 0 Å². The highest BCUT2D eigenvalue weighted by molar-refractivity contribution is 7.14. The van der Waals surface area contributed by atoms with Crippen LogP contribution in [0.4, 0.5) is 13.9 Å². The Bertz CT molecular complexity index is 1110. The van der Waals surface area contributed by atoms with E-state index in [1.807, 2.05) is 30.3 Å². The van der Waals surface area contributed by atoms with Crippen molar-refractivity contribution in [1.82, 2.24) is 10.1 Å². The number of amides is 1. The summed E-state index contributed by atoms with van der Waals surface area (Å²) in [7, 11) is 0. The zero-order chi connectivity index (χ0) is 18.8. The number of carbonyl (C=O) groups excluding carboxylic acids is 1. The van der Waals surface area contributed by atoms with Gasteiger partial charge in [-0.1, -0.05) is 35.5 Å². The highest BCUT2D eigenvalue weighted by atomic mass is 32.1. The maximum atomic E-state index is 13.4. The van der Waals surface area contributed by atoms with Crippen LogP contribution in [0, 0.1) is 11.6 Å². The van der Waals surface area contributed by atoms with E-state index < -0.39 is 17.5 Å². The zero-order valence-electron chi connectivity index (χ0n) is 13.6. The van der Waals surface area contributed by atoms with E-state index in [9.17, 15) is 13.6 Å². The lowest BCUT2D eigenvalue weighted by molar-refractivity contribution is 0.101. The molecule has 0 bridgehead atoms. The molecule has 0 aliphatic carbocycles. The second-order valence-corrected chi connectivity index (χ2v) is 6.42. The van der Waals surface area contributed by atoms with Crippen molar-refractivity contribution in [2.75, 3.05) is 5.32 Å². The van der Waals surface area contributed by atoms with Crippen LogP contribution in [0.3, 0.4) is 0 Å². The van der Waals surface area contributed by atoms with E-state index in [4.69, 9.17) is 4.52 Å². The Morgan fingerprint density at radius 3 is 2.59 bits per heavy atom. The highest BCUT2D eigenvalue weighted by Gasteiger charge is 2.16. The fraction of sp³-hybridized carbons (Fsp3) is 0. The van der Waals surface area contributed by atoms with E-state index in [0.717, 1.165) is 29.0 Å². The van der Waals surface area contributed by atoms with Crippen molar-refractivity contribution in [1.29, 1.82) is 0 Å². The van der Waals surface area contributed by atoms with Crippen LogP contribution in [0.1, 0.15) is 10.5 Å². The Morgan fingerprint density at radius 1 is 1.00 bits per heavy atom. The van der Waals surface area contributed by atoms with Gasteiger partial charge in [-0.05, 0) is 18.2 Å². The van der Waals surface area contributed by atoms with E-state index in [1.165, 1.54) is 12.1 Å². The van der Waals surface area contributed by atoms with Crippen molar-refractivity contribution in [3.05, 3.63) is 77.3 Å². The summed E-state index contributed by atoms with van der Waals surface area (Å²) >= 11 is 1.16. The van der Waals surface area contributed by atoms with Crippen LogP contribution in [0.25, 0.3) is 22.6 Å². The molecule has 134 valence electrons. The molecule has 0 spiro atoms. The van der Waals surface area contributed by atoms with Gasteiger partial charge in [-0.15, -0.1) is 11.3 Å². The fourth-order valence-corrected chi connectivity index (χ4v) is 3.12. The quantitative estimate of drug-likeness (QED) is 0.539. The van der Waals surface area contributed by atoms with Crippen LogP contribution in [-0.4, -0.2) is 16.0 Å². The molecule has 1 amide bonds. The van der Waals surface area contributed by atoms with E-state index in [0.29, 0.717) is 22.1 Å². The number of rotatable bonds is 4. The third-order valence-corrected chi connectivity index (χ3v) is 4.50. The topological polar surface area (TPSA) is 68.0 Å². The molecule has 2 heterocycles. The predicted molar refractivity (Wildman–Crippen MR) is 97.4 cm³/mol. The van der Waals surface area contributed by atoms with Gasteiger partial charge < -0.3 is 4.52 Å². The maximum absolute atomic E-state index is 13.4. The third kappa shape index (κ3) is 3.61. The summed E-state index contributed by atoms with van der Waals surface area (Å²) in [5.41, 5.74) is 1.76. The Kier molecular flexibility index (Phi) is 4.47. The van der Waals surface area contributed by atoms with Gasteiger partial charge in [0.1, 0.15) is 0 Å². The number of carbonyl (C=O) groups is 1. The minimum atomic E-state index is -0.956. The molecular formula is C19H11F2N3O2S. The summed E-state index contributed by atoms with van der Waals surface area (Å²) in [6.45, 7) is 0. The van der Waals surface area contributed by atoms with Crippen molar-refractivity contribution in [3.63, 3.8) is 0 Å². The number of nitrogens with one attached hydrogen (secondary N) is 1. The molecule has 4 aromatic rings. The molecule has 0 atom stereocenters. The third-order valence-electron chi connectivity index (χ3n) is 3.74. The number of benzene rings is 2. The first-order valence-electron chi connectivity index (χ1n) is 7.84. The molecule has 0 unspecified atom stereocenters. The number of thiazole rings is 1. The van der Waals surface area contributed by atoms with Crippen LogP contribution >= 0.6 is 11.3 Å². The smallest absolute Gasteiger partial charge is 0.279 e. The second kappa shape index (κ2) is 7.08. The number of hydrogen-bond acceptors (Lipinski definition) is 5. The summed E-state index contributed by atoms with van der Waals surface area (Å²) < 4.78 is 31.6. The Labute approximate surface area is 156 Å². The normalized spacial score (nSPS) is 10.7. The first-order chi connectivity index (χ1) is 13.1.